The molecule has 0 saturated carbocycles. The Labute approximate surface area is 115 Å². The number of anilines is 1. The third kappa shape index (κ3) is 3.63. The average molecular weight is 278 g/mol. The molecule has 0 fully saturated rings. The summed E-state index contributed by atoms with van der Waals surface area (Å²) in [5, 5.41) is 3.08. The first-order chi connectivity index (χ1) is 9.19. The summed E-state index contributed by atoms with van der Waals surface area (Å²) in [5.41, 5.74) is 0.455. The van der Waals surface area contributed by atoms with Gasteiger partial charge in [0.1, 0.15) is 11.5 Å². The molecule has 2 aromatic carbocycles. The Kier molecular flexibility index (Phi) is 4.26. The van der Waals surface area contributed by atoms with E-state index in [1.54, 1.807) is 42.5 Å². The van der Waals surface area contributed by atoms with Crippen molar-refractivity contribution in [3.05, 3.63) is 53.6 Å². The van der Waals surface area contributed by atoms with Gasteiger partial charge in [0.05, 0.1) is 12.8 Å². The zero-order chi connectivity index (χ0) is 13.7. The van der Waals surface area contributed by atoms with Gasteiger partial charge in [-0.05, 0) is 30.3 Å². The van der Waals surface area contributed by atoms with E-state index < -0.39 is 6.09 Å². The molecule has 0 aliphatic heterocycles. The fourth-order valence-electron chi connectivity index (χ4n) is 1.51. The quantitative estimate of drug-likeness (QED) is 0.924. The smallest absolute Gasteiger partial charge is 0.417 e. The lowest BCUT2D eigenvalue weighted by molar-refractivity contribution is 0.215. The Morgan fingerprint density at radius 1 is 1.16 bits per heavy atom. The van der Waals surface area contributed by atoms with Crippen molar-refractivity contribution in [2.45, 2.75) is 0 Å². The zero-order valence-corrected chi connectivity index (χ0v) is 11.0. The minimum absolute atomic E-state index is 0.455. The molecular weight excluding hydrogens is 266 g/mol. The fraction of sp³-hybridized carbons (Fsp3) is 0.0714. The molecule has 0 bridgehead atoms. The maximum Gasteiger partial charge on any atom is 0.417 e. The van der Waals surface area contributed by atoms with E-state index in [9.17, 15) is 4.79 Å². The van der Waals surface area contributed by atoms with E-state index in [0.29, 0.717) is 22.2 Å². The van der Waals surface area contributed by atoms with E-state index in [4.69, 9.17) is 21.1 Å². The first-order valence-electron chi connectivity index (χ1n) is 5.56. The number of para-hydroxylation sites is 1. The first-order valence-corrected chi connectivity index (χ1v) is 5.94. The van der Waals surface area contributed by atoms with Crippen molar-refractivity contribution < 1.29 is 14.3 Å². The van der Waals surface area contributed by atoms with Gasteiger partial charge in [-0.2, -0.15) is 0 Å². The number of ether oxygens (including phenoxy) is 2. The molecule has 4 nitrogen and oxygen atoms in total. The van der Waals surface area contributed by atoms with Crippen LogP contribution in [0, 0.1) is 0 Å². The molecule has 0 aliphatic carbocycles. The largest absolute Gasteiger partial charge is 0.495 e. The van der Waals surface area contributed by atoms with Gasteiger partial charge in [0.15, 0.2) is 0 Å². The van der Waals surface area contributed by atoms with Crippen LogP contribution in [0.1, 0.15) is 0 Å². The second-order valence-corrected chi connectivity index (χ2v) is 4.11. The number of nitrogens with one attached hydrogen (secondary N) is 1. The number of benzene rings is 2. The minimum atomic E-state index is -0.605. The molecule has 5 heteroatoms. The Bertz CT molecular complexity index is 572. The minimum Gasteiger partial charge on any atom is -0.495 e. The van der Waals surface area contributed by atoms with Gasteiger partial charge >= 0.3 is 6.09 Å². The van der Waals surface area contributed by atoms with E-state index in [0.717, 1.165) is 0 Å². The summed E-state index contributed by atoms with van der Waals surface area (Å²) in [7, 11) is 1.51. The van der Waals surface area contributed by atoms with Crippen LogP contribution in [0.5, 0.6) is 11.5 Å². The van der Waals surface area contributed by atoms with Gasteiger partial charge in [-0.1, -0.05) is 29.8 Å². The molecule has 0 aromatic heterocycles. The number of hydrogen-bond acceptors (Lipinski definition) is 3. The molecule has 2 aromatic rings. The normalized spacial score (nSPS) is 9.79. The highest BCUT2D eigenvalue weighted by atomic mass is 35.5. The van der Waals surface area contributed by atoms with Gasteiger partial charge in [-0.25, -0.2) is 4.79 Å². The Hall–Kier alpha value is -2.20. The molecule has 0 atom stereocenters. The standard InChI is InChI=1S/C14H12ClNO3/c1-18-13-8-7-10(15)9-12(13)16-14(17)19-11-5-3-2-4-6-11/h2-9H,1H3,(H,16,17). The van der Waals surface area contributed by atoms with Gasteiger partial charge in [0, 0.05) is 5.02 Å². The van der Waals surface area contributed by atoms with Gasteiger partial charge < -0.3 is 9.47 Å². The summed E-state index contributed by atoms with van der Waals surface area (Å²) in [6.45, 7) is 0. The summed E-state index contributed by atoms with van der Waals surface area (Å²) in [6.07, 6.45) is -0.605. The first kappa shape index (κ1) is 13.2. The molecule has 0 radical (unpaired) electrons. The second-order valence-electron chi connectivity index (χ2n) is 3.67. The molecule has 0 heterocycles. The summed E-state index contributed by atoms with van der Waals surface area (Å²) in [5.74, 6) is 0.968. The lowest BCUT2D eigenvalue weighted by Gasteiger charge is -2.10. The van der Waals surface area contributed by atoms with Crippen LogP contribution in [-0.2, 0) is 0 Å². The Morgan fingerprint density at radius 3 is 2.58 bits per heavy atom. The summed E-state index contributed by atoms with van der Waals surface area (Å²) < 4.78 is 10.2. The predicted molar refractivity (Wildman–Crippen MR) is 74.1 cm³/mol. The fourth-order valence-corrected chi connectivity index (χ4v) is 1.68. The van der Waals surface area contributed by atoms with Crippen LogP contribution < -0.4 is 14.8 Å². The van der Waals surface area contributed by atoms with Gasteiger partial charge in [0.2, 0.25) is 0 Å². The van der Waals surface area contributed by atoms with Crippen molar-refractivity contribution in [1.29, 1.82) is 0 Å². The van der Waals surface area contributed by atoms with Gasteiger partial charge in [-0.3, -0.25) is 5.32 Å². The van der Waals surface area contributed by atoms with Crippen LogP contribution in [0.4, 0.5) is 10.5 Å². The molecule has 98 valence electrons. The zero-order valence-electron chi connectivity index (χ0n) is 10.2. The number of carbonyl (C=O) groups excluding carboxylic acids is 1. The number of halogens is 1. The van der Waals surface area contributed by atoms with Gasteiger partial charge in [-0.15, -0.1) is 0 Å². The lowest BCUT2D eigenvalue weighted by Crippen LogP contribution is -2.17. The van der Waals surface area contributed by atoms with Crippen molar-refractivity contribution in [3.63, 3.8) is 0 Å². The SMILES string of the molecule is COc1ccc(Cl)cc1NC(=O)Oc1ccccc1. The topological polar surface area (TPSA) is 47.6 Å². The number of carbonyl (C=O) groups is 1. The second kappa shape index (κ2) is 6.11. The van der Waals surface area contributed by atoms with E-state index in [1.807, 2.05) is 6.07 Å². The van der Waals surface area contributed by atoms with Gasteiger partial charge in [0.25, 0.3) is 0 Å². The van der Waals surface area contributed by atoms with Crippen LogP contribution >= 0.6 is 11.6 Å². The molecule has 0 unspecified atom stereocenters. The highest BCUT2D eigenvalue weighted by molar-refractivity contribution is 6.31. The highest BCUT2D eigenvalue weighted by Gasteiger charge is 2.09. The number of rotatable bonds is 3. The number of amides is 1. The molecule has 2 rings (SSSR count). The average Bonchev–Trinajstić information content (AvgIpc) is 2.40. The maximum absolute atomic E-state index is 11.7. The van der Waals surface area contributed by atoms with E-state index >= 15 is 0 Å². The molecule has 0 aliphatic rings. The monoisotopic (exact) mass is 277 g/mol. The Morgan fingerprint density at radius 2 is 1.89 bits per heavy atom. The van der Waals surface area contributed by atoms with Crippen LogP contribution in [0.25, 0.3) is 0 Å². The Balaban J connectivity index is 2.09. The van der Waals surface area contributed by atoms with E-state index in [-0.39, 0.29) is 0 Å². The number of hydrogen-bond donors (Lipinski definition) is 1. The van der Waals surface area contributed by atoms with Crippen molar-refractivity contribution in [2.75, 3.05) is 12.4 Å². The van der Waals surface area contributed by atoms with Crippen LogP contribution in [0.2, 0.25) is 5.02 Å². The summed E-state index contributed by atoms with van der Waals surface area (Å²) in [4.78, 5) is 11.7. The third-order valence-electron chi connectivity index (χ3n) is 2.35. The summed E-state index contributed by atoms with van der Waals surface area (Å²) in [6, 6.07) is 13.7. The van der Waals surface area contributed by atoms with Crippen molar-refractivity contribution in [2.24, 2.45) is 0 Å². The van der Waals surface area contributed by atoms with Crippen LogP contribution in [-0.4, -0.2) is 13.2 Å². The molecule has 1 N–H and O–H groups in total. The van der Waals surface area contributed by atoms with Crippen LogP contribution in [0.15, 0.2) is 48.5 Å². The third-order valence-corrected chi connectivity index (χ3v) is 2.59. The molecule has 0 saturated heterocycles. The van der Waals surface area contributed by atoms with Crippen molar-refractivity contribution in [1.82, 2.24) is 0 Å². The summed E-state index contributed by atoms with van der Waals surface area (Å²) >= 11 is 5.87. The lowest BCUT2D eigenvalue weighted by atomic mass is 10.3. The van der Waals surface area contributed by atoms with Crippen molar-refractivity contribution in [3.8, 4) is 11.5 Å². The van der Waals surface area contributed by atoms with E-state index in [1.165, 1.54) is 7.11 Å². The highest BCUT2D eigenvalue weighted by Crippen LogP contribution is 2.27. The predicted octanol–water partition coefficient (Wildman–Crippen LogP) is 3.96. The molecule has 19 heavy (non-hydrogen) atoms. The van der Waals surface area contributed by atoms with Crippen molar-refractivity contribution >= 4 is 23.4 Å². The maximum atomic E-state index is 11.7. The number of methoxy groups -OCH3 is 1. The van der Waals surface area contributed by atoms with E-state index in [2.05, 4.69) is 5.32 Å². The molecule has 0 spiro atoms. The van der Waals surface area contributed by atoms with Crippen LogP contribution in [0.3, 0.4) is 0 Å². The molecular formula is C14H12ClNO3. The molecule has 1 amide bonds.